The first-order chi connectivity index (χ1) is 14.0. The van der Waals surface area contributed by atoms with Crippen LogP contribution < -0.4 is 4.90 Å². The lowest BCUT2D eigenvalue weighted by atomic mass is 10.2. The predicted molar refractivity (Wildman–Crippen MR) is 111 cm³/mol. The number of hydrogen-bond acceptors (Lipinski definition) is 8. The summed E-state index contributed by atoms with van der Waals surface area (Å²) in [6.07, 6.45) is 5.27. The van der Waals surface area contributed by atoms with E-state index in [0.29, 0.717) is 47.0 Å². The fourth-order valence-electron chi connectivity index (χ4n) is 2.80. The quantitative estimate of drug-likeness (QED) is 0.375. The second-order valence-electron chi connectivity index (χ2n) is 6.74. The van der Waals surface area contributed by atoms with Gasteiger partial charge in [-0.2, -0.15) is 4.98 Å². The largest absolute Gasteiger partial charge is 0.462 e. The standard InChI is InChI=1S/C20H30N4O4S/c1-5-8-9-13-24(20-21-14(4)18(29-20)19(26)27-7-3)17(25)12-11-16-22-15(10-6-2)23-28-16/h5-13H2,1-4H3. The molecule has 0 unspecified atom stereocenters. The highest BCUT2D eigenvalue weighted by Crippen LogP contribution is 2.28. The number of aryl methyl sites for hydroxylation is 3. The topological polar surface area (TPSA) is 98.4 Å². The molecule has 0 saturated carbocycles. The fraction of sp³-hybridized carbons (Fsp3) is 0.650. The summed E-state index contributed by atoms with van der Waals surface area (Å²) in [5.74, 6) is 0.673. The monoisotopic (exact) mass is 422 g/mol. The molecule has 0 fully saturated rings. The number of anilines is 1. The third-order valence-corrected chi connectivity index (χ3v) is 5.46. The number of unbranched alkanes of at least 4 members (excludes halogenated alkanes) is 2. The highest BCUT2D eigenvalue weighted by atomic mass is 32.1. The van der Waals surface area contributed by atoms with Crippen LogP contribution in [0.3, 0.4) is 0 Å². The molecular weight excluding hydrogens is 392 g/mol. The third-order valence-electron chi connectivity index (χ3n) is 4.30. The van der Waals surface area contributed by atoms with E-state index in [1.165, 1.54) is 11.3 Å². The van der Waals surface area contributed by atoms with Gasteiger partial charge in [0.1, 0.15) is 4.88 Å². The Balaban J connectivity index is 2.10. The molecule has 0 radical (unpaired) electrons. The van der Waals surface area contributed by atoms with Crippen molar-refractivity contribution in [1.82, 2.24) is 15.1 Å². The van der Waals surface area contributed by atoms with E-state index in [0.717, 1.165) is 32.1 Å². The minimum Gasteiger partial charge on any atom is -0.462 e. The number of thiazole rings is 1. The number of rotatable bonds is 12. The Kier molecular flexibility index (Phi) is 9.24. The molecule has 0 aliphatic rings. The van der Waals surface area contributed by atoms with Gasteiger partial charge in [-0.3, -0.25) is 9.69 Å². The number of nitrogens with zero attached hydrogens (tertiary/aromatic N) is 4. The third kappa shape index (κ3) is 6.62. The first-order valence-electron chi connectivity index (χ1n) is 10.3. The molecule has 0 spiro atoms. The van der Waals surface area contributed by atoms with Crippen molar-refractivity contribution >= 4 is 28.3 Å². The second-order valence-corrected chi connectivity index (χ2v) is 7.72. The van der Waals surface area contributed by atoms with E-state index in [2.05, 4.69) is 22.0 Å². The molecule has 2 aromatic heterocycles. The number of hydrogen-bond donors (Lipinski definition) is 0. The van der Waals surface area contributed by atoms with E-state index >= 15 is 0 Å². The van der Waals surface area contributed by atoms with Crippen molar-refractivity contribution in [2.75, 3.05) is 18.1 Å². The summed E-state index contributed by atoms with van der Waals surface area (Å²) >= 11 is 1.20. The Labute approximate surface area is 175 Å². The van der Waals surface area contributed by atoms with Gasteiger partial charge in [0.05, 0.1) is 12.3 Å². The lowest BCUT2D eigenvalue weighted by molar-refractivity contribution is -0.118. The average molecular weight is 423 g/mol. The van der Waals surface area contributed by atoms with E-state index in [1.807, 2.05) is 6.92 Å². The van der Waals surface area contributed by atoms with Crippen LogP contribution in [0.25, 0.3) is 0 Å². The van der Waals surface area contributed by atoms with Crippen LogP contribution in [0.5, 0.6) is 0 Å². The molecule has 0 N–H and O–H groups in total. The highest BCUT2D eigenvalue weighted by Gasteiger charge is 2.24. The molecule has 160 valence electrons. The predicted octanol–water partition coefficient (Wildman–Crippen LogP) is 4.12. The molecule has 0 bridgehead atoms. The van der Waals surface area contributed by atoms with Gasteiger partial charge in [0.15, 0.2) is 11.0 Å². The number of amides is 1. The SMILES string of the molecule is CCCCCN(C(=O)CCc1nc(CCC)no1)c1nc(C)c(C(=O)OCC)s1. The summed E-state index contributed by atoms with van der Waals surface area (Å²) in [4.78, 5) is 36.0. The van der Waals surface area contributed by atoms with Crippen LogP contribution in [-0.4, -0.2) is 40.2 Å². The maximum atomic E-state index is 12.9. The van der Waals surface area contributed by atoms with Crippen LogP contribution in [0.2, 0.25) is 0 Å². The molecule has 0 aromatic carbocycles. The van der Waals surface area contributed by atoms with Gasteiger partial charge in [0.25, 0.3) is 0 Å². The first kappa shape index (κ1) is 23.0. The molecule has 1 amide bonds. The molecule has 0 aliphatic heterocycles. The lowest BCUT2D eigenvalue weighted by Crippen LogP contribution is -2.32. The molecule has 0 aliphatic carbocycles. The molecular formula is C20H30N4O4S. The van der Waals surface area contributed by atoms with E-state index in [1.54, 1.807) is 18.7 Å². The van der Waals surface area contributed by atoms with E-state index in [-0.39, 0.29) is 12.3 Å². The first-order valence-corrected chi connectivity index (χ1v) is 11.1. The smallest absolute Gasteiger partial charge is 0.350 e. The summed E-state index contributed by atoms with van der Waals surface area (Å²) in [7, 11) is 0. The molecule has 2 aromatic rings. The van der Waals surface area contributed by atoms with Gasteiger partial charge in [0, 0.05) is 25.8 Å². The highest BCUT2D eigenvalue weighted by molar-refractivity contribution is 7.17. The summed E-state index contributed by atoms with van der Waals surface area (Å²) in [6.45, 7) is 8.55. The summed E-state index contributed by atoms with van der Waals surface area (Å²) in [6, 6.07) is 0. The van der Waals surface area contributed by atoms with Crippen LogP contribution in [0, 0.1) is 6.92 Å². The second kappa shape index (κ2) is 11.6. The minimum atomic E-state index is -0.399. The zero-order valence-corrected chi connectivity index (χ0v) is 18.5. The minimum absolute atomic E-state index is 0.0690. The molecule has 9 heteroatoms. The molecule has 2 rings (SSSR count). The normalized spacial score (nSPS) is 10.9. The molecule has 8 nitrogen and oxygen atoms in total. The zero-order chi connectivity index (χ0) is 21.2. The summed E-state index contributed by atoms with van der Waals surface area (Å²) < 4.78 is 10.3. The Morgan fingerprint density at radius 1 is 1.10 bits per heavy atom. The Bertz CT molecular complexity index is 802. The van der Waals surface area contributed by atoms with Crippen molar-refractivity contribution in [3.05, 3.63) is 22.3 Å². The number of aromatic nitrogens is 3. The van der Waals surface area contributed by atoms with Crippen molar-refractivity contribution < 1.29 is 18.8 Å². The van der Waals surface area contributed by atoms with E-state index in [4.69, 9.17) is 9.26 Å². The van der Waals surface area contributed by atoms with Gasteiger partial charge in [-0.25, -0.2) is 9.78 Å². The Morgan fingerprint density at radius 2 is 1.90 bits per heavy atom. The van der Waals surface area contributed by atoms with Crippen molar-refractivity contribution in [2.45, 2.75) is 72.6 Å². The van der Waals surface area contributed by atoms with Crippen LogP contribution in [0.15, 0.2) is 4.52 Å². The van der Waals surface area contributed by atoms with Crippen LogP contribution >= 0.6 is 11.3 Å². The fourth-order valence-corrected chi connectivity index (χ4v) is 3.80. The number of carbonyl (C=O) groups excluding carboxylic acids is 2. The summed E-state index contributed by atoms with van der Waals surface area (Å²) in [5.41, 5.74) is 0.581. The van der Waals surface area contributed by atoms with Crippen LogP contribution in [-0.2, 0) is 22.4 Å². The van der Waals surface area contributed by atoms with Gasteiger partial charge in [-0.1, -0.05) is 43.2 Å². The average Bonchev–Trinajstić information content (AvgIpc) is 3.30. The molecule has 2 heterocycles. The Hall–Kier alpha value is -2.29. The van der Waals surface area contributed by atoms with Crippen molar-refractivity contribution in [2.24, 2.45) is 0 Å². The maximum Gasteiger partial charge on any atom is 0.350 e. The zero-order valence-electron chi connectivity index (χ0n) is 17.7. The lowest BCUT2D eigenvalue weighted by Gasteiger charge is -2.19. The van der Waals surface area contributed by atoms with Crippen molar-refractivity contribution in [3.8, 4) is 0 Å². The molecule has 0 saturated heterocycles. The van der Waals surface area contributed by atoms with E-state index in [9.17, 15) is 9.59 Å². The number of esters is 1. The molecule has 0 atom stereocenters. The van der Waals surface area contributed by atoms with Crippen LogP contribution in [0.4, 0.5) is 5.13 Å². The van der Waals surface area contributed by atoms with Gasteiger partial charge in [-0.05, 0) is 26.7 Å². The van der Waals surface area contributed by atoms with Gasteiger partial charge in [0.2, 0.25) is 11.8 Å². The van der Waals surface area contributed by atoms with E-state index < -0.39 is 5.97 Å². The van der Waals surface area contributed by atoms with Crippen LogP contribution in [0.1, 0.15) is 80.0 Å². The van der Waals surface area contributed by atoms with Gasteiger partial charge in [-0.15, -0.1) is 0 Å². The van der Waals surface area contributed by atoms with Crippen molar-refractivity contribution in [3.63, 3.8) is 0 Å². The van der Waals surface area contributed by atoms with Crippen molar-refractivity contribution in [1.29, 1.82) is 0 Å². The molecule has 29 heavy (non-hydrogen) atoms. The number of carbonyl (C=O) groups is 2. The maximum absolute atomic E-state index is 12.9. The number of ether oxygens (including phenoxy) is 1. The Morgan fingerprint density at radius 3 is 2.59 bits per heavy atom. The van der Waals surface area contributed by atoms with Gasteiger partial charge >= 0.3 is 5.97 Å². The summed E-state index contributed by atoms with van der Waals surface area (Å²) in [5, 5.41) is 4.46. The van der Waals surface area contributed by atoms with Gasteiger partial charge < -0.3 is 9.26 Å².